The second-order valence-corrected chi connectivity index (χ2v) is 7.31. The summed E-state index contributed by atoms with van der Waals surface area (Å²) >= 11 is 0. The van der Waals surface area contributed by atoms with E-state index in [0.717, 1.165) is 32.7 Å². The van der Waals surface area contributed by atoms with E-state index in [-0.39, 0.29) is 5.91 Å². The number of amides is 1. The van der Waals surface area contributed by atoms with Gasteiger partial charge in [0.05, 0.1) is 26.5 Å². The Morgan fingerprint density at radius 2 is 1.72 bits per heavy atom. The van der Waals surface area contributed by atoms with Gasteiger partial charge in [0.15, 0.2) is 6.54 Å². The minimum Gasteiger partial charge on any atom is -0.497 e. The number of benzene rings is 2. The van der Waals surface area contributed by atoms with Crippen LogP contribution >= 0.6 is 0 Å². The van der Waals surface area contributed by atoms with Crippen LogP contribution in [-0.4, -0.2) is 59.4 Å². The fourth-order valence-electron chi connectivity index (χ4n) is 3.60. The summed E-state index contributed by atoms with van der Waals surface area (Å²) < 4.78 is 10.6. The molecule has 3 N–H and O–H groups in total. The molecule has 6 nitrogen and oxygen atoms in total. The molecule has 0 bridgehead atoms. The number of rotatable bonds is 8. The van der Waals surface area contributed by atoms with Crippen LogP contribution in [0.1, 0.15) is 5.56 Å². The average Bonchev–Trinajstić information content (AvgIpc) is 2.75. The van der Waals surface area contributed by atoms with E-state index in [1.54, 1.807) is 31.3 Å². The maximum Gasteiger partial charge on any atom is 0.279 e. The molecule has 1 heterocycles. The van der Waals surface area contributed by atoms with Gasteiger partial charge in [0.1, 0.15) is 37.7 Å². The van der Waals surface area contributed by atoms with Crippen LogP contribution in [0.5, 0.6) is 11.5 Å². The Balaban J connectivity index is 1.43. The molecule has 3 rings (SSSR count). The lowest BCUT2D eigenvalue weighted by atomic mass is 10.2. The van der Waals surface area contributed by atoms with E-state index in [0.29, 0.717) is 23.7 Å². The summed E-state index contributed by atoms with van der Waals surface area (Å²) in [5.74, 6) is 1.32. The van der Waals surface area contributed by atoms with Crippen LogP contribution in [-0.2, 0) is 4.79 Å². The molecule has 0 spiro atoms. The zero-order valence-electron chi connectivity index (χ0n) is 17.2. The van der Waals surface area contributed by atoms with Gasteiger partial charge in [-0.2, -0.15) is 0 Å². The summed E-state index contributed by atoms with van der Waals surface area (Å²) in [6.45, 7) is 5.63. The van der Waals surface area contributed by atoms with E-state index in [1.165, 1.54) is 10.5 Å². The molecule has 6 heteroatoms. The highest BCUT2D eigenvalue weighted by Crippen LogP contribution is 2.28. The van der Waals surface area contributed by atoms with E-state index in [4.69, 9.17) is 9.47 Å². The van der Waals surface area contributed by atoms with Crippen molar-refractivity contribution >= 4 is 17.7 Å². The maximum absolute atomic E-state index is 12.5. The van der Waals surface area contributed by atoms with Crippen molar-refractivity contribution in [3.05, 3.63) is 60.2 Å². The van der Waals surface area contributed by atoms with Crippen molar-refractivity contribution < 1.29 is 24.1 Å². The zero-order chi connectivity index (χ0) is 20.5. The molecule has 1 saturated heterocycles. The highest BCUT2D eigenvalue weighted by Gasteiger charge is 2.24. The highest BCUT2D eigenvalue weighted by molar-refractivity contribution is 5.93. The van der Waals surface area contributed by atoms with Gasteiger partial charge in [0.25, 0.3) is 5.91 Å². The van der Waals surface area contributed by atoms with E-state index in [2.05, 4.69) is 41.7 Å². The summed E-state index contributed by atoms with van der Waals surface area (Å²) in [7, 11) is 3.20. The third-order valence-electron chi connectivity index (χ3n) is 5.27. The molecule has 0 atom stereocenters. The topological polar surface area (TPSA) is 56.4 Å². The number of quaternary nitrogens is 2. The number of nitrogens with one attached hydrogen (secondary N) is 3. The van der Waals surface area contributed by atoms with Gasteiger partial charge in [-0.15, -0.1) is 0 Å². The Morgan fingerprint density at radius 3 is 2.41 bits per heavy atom. The number of methoxy groups -OCH3 is 2. The smallest absolute Gasteiger partial charge is 0.279 e. The van der Waals surface area contributed by atoms with E-state index < -0.39 is 0 Å². The largest absolute Gasteiger partial charge is 0.497 e. The molecule has 0 aliphatic carbocycles. The van der Waals surface area contributed by atoms with Gasteiger partial charge < -0.3 is 24.6 Å². The van der Waals surface area contributed by atoms with Crippen molar-refractivity contribution in [1.82, 2.24) is 0 Å². The Bertz CT molecular complexity index is 815. The lowest BCUT2D eigenvalue weighted by Crippen LogP contribution is -3.28. The first-order valence-corrected chi connectivity index (χ1v) is 10.1. The molecule has 1 fully saturated rings. The van der Waals surface area contributed by atoms with Crippen LogP contribution in [0.3, 0.4) is 0 Å². The molecule has 1 aliphatic heterocycles. The quantitative estimate of drug-likeness (QED) is 0.594. The minimum absolute atomic E-state index is 0.000948. The number of hydrogen-bond donors (Lipinski definition) is 3. The molecule has 0 unspecified atom stereocenters. The number of carbonyl (C=O) groups excluding carboxylic acids is 1. The third-order valence-corrected chi connectivity index (χ3v) is 5.27. The molecule has 2 aromatic carbocycles. The fourth-order valence-corrected chi connectivity index (χ4v) is 3.60. The van der Waals surface area contributed by atoms with E-state index in [1.807, 2.05) is 12.1 Å². The van der Waals surface area contributed by atoms with Gasteiger partial charge in [0.2, 0.25) is 0 Å². The molecule has 2 aromatic rings. The number of ether oxygens (including phenoxy) is 2. The van der Waals surface area contributed by atoms with Gasteiger partial charge in [-0.25, -0.2) is 0 Å². The molecule has 0 aromatic heterocycles. The molecule has 29 heavy (non-hydrogen) atoms. The molecular weight excluding hydrogens is 366 g/mol. The summed E-state index contributed by atoms with van der Waals surface area (Å²) in [5, 5.41) is 2.96. The van der Waals surface area contributed by atoms with Crippen LogP contribution in [0.2, 0.25) is 0 Å². The van der Waals surface area contributed by atoms with Crippen LogP contribution in [0.4, 0.5) is 5.69 Å². The highest BCUT2D eigenvalue weighted by atomic mass is 16.5. The first-order chi connectivity index (χ1) is 14.2. The van der Waals surface area contributed by atoms with Crippen LogP contribution in [0.25, 0.3) is 6.08 Å². The normalized spacial score (nSPS) is 19.1. The Hall–Kier alpha value is -2.83. The lowest BCUT2D eigenvalue weighted by molar-refractivity contribution is -1.01. The standard InChI is InChI=1S/C23H29N3O3/c1-28-20-10-11-22(29-2)21(17-20)24-23(27)18-26-15-13-25(14-16-26)12-6-9-19-7-4-3-5-8-19/h3-11,17H,12-16,18H2,1-2H3,(H,24,27)/p+2/b9-6+. The summed E-state index contributed by atoms with van der Waals surface area (Å²) in [6.07, 6.45) is 4.43. The van der Waals surface area contributed by atoms with Crippen molar-refractivity contribution in [2.24, 2.45) is 0 Å². The van der Waals surface area contributed by atoms with Crippen molar-refractivity contribution in [2.75, 3.05) is 58.8 Å². The number of anilines is 1. The van der Waals surface area contributed by atoms with Gasteiger partial charge in [-0.1, -0.05) is 36.4 Å². The number of carbonyl (C=O) groups is 1. The molecule has 1 aliphatic rings. The van der Waals surface area contributed by atoms with E-state index >= 15 is 0 Å². The van der Waals surface area contributed by atoms with Crippen molar-refractivity contribution in [2.45, 2.75) is 0 Å². The third kappa shape index (κ3) is 6.34. The van der Waals surface area contributed by atoms with Crippen LogP contribution in [0, 0.1) is 0 Å². The fraction of sp³-hybridized carbons (Fsp3) is 0.348. The molecule has 1 amide bonds. The monoisotopic (exact) mass is 397 g/mol. The summed E-state index contributed by atoms with van der Waals surface area (Å²) in [6, 6.07) is 15.8. The van der Waals surface area contributed by atoms with Gasteiger partial charge in [-0.3, -0.25) is 4.79 Å². The van der Waals surface area contributed by atoms with E-state index in [9.17, 15) is 4.79 Å². The second kappa shape index (κ2) is 10.6. The first kappa shape index (κ1) is 20.9. The second-order valence-electron chi connectivity index (χ2n) is 7.31. The van der Waals surface area contributed by atoms with Crippen molar-refractivity contribution in [1.29, 1.82) is 0 Å². The van der Waals surface area contributed by atoms with Crippen molar-refractivity contribution in [3.63, 3.8) is 0 Å². The zero-order valence-corrected chi connectivity index (χ0v) is 17.2. The van der Waals surface area contributed by atoms with Crippen LogP contribution < -0.4 is 24.6 Å². The van der Waals surface area contributed by atoms with Gasteiger partial charge >= 0.3 is 0 Å². The minimum atomic E-state index is -0.000948. The Morgan fingerprint density at radius 1 is 1.00 bits per heavy atom. The lowest BCUT2D eigenvalue weighted by Gasteiger charge is -2.28. The maximum atomic E-state index is 12.5. The molecule has 154 valence electrons. The summed E-state index contributed by atoms with van der Waals surface area (Å²) in [4.78, 5) is 15.4. The number of hydrogen-bond acceptors (Lipinski definition) is 3. The molecular formula is C23H31N3O3+2. The Kier molecular flexibility index (Phi) is 7.67. The van der Waals surface area contributed by atoms with Crippen molar-refractivity contribution in [3.8, 4) is 11.5 Å². The summed E-state index contributed by atoms with van der Waals surface area (Å²) in [5.41, 5.74) is 1.88. The first-order valence-electron chi connectivity index (χ1n) is 10.1. The SMILES string of the molecule is COc1ccc(OC)c(NC(=O)C[NH+]2CC[NH+](C/C=C/c3ccccc3)CC2)c1. The number of piperazine rings is 1. The average molecular weight is 398 g/mol. The predicted molar refractivity (Wildman–Crippen MR) is 115 cm³/mol. The Labute approximate surface area is 172 Å². The molecule has 0 radical (unpaired) electrons. The van der Waals surface area contributed by atoms with Crippen LogP contribution in [0.15, 0.2) is 54.6 Å². The van der Waals surface area contributed by atoms with Gasteiger partial charge in [-0.05, 0) is 23.8 Å². The molecule has 0 saturated carbocycles. The predicted octanol–water partition coefficient (Wildman–Crippen LogP) is 0.139. The van der Waals surface area contributed by atoms with Gasteiger partial charge in [0, 0.05) is 6.07 Å².